The number of aliphatic hydroxyl groups excluding tert-OH is 11. The van der Waals surface area contributed by atoms with Gasteiger partial charge in [-0.15, -0.1) is 0 Å². The highest BCUT2D eigenvalue weighted by Gasteiger charge is 2.54. The molecule has 108 heavy (non-hydrogen) atoms. The number of carbonyl (C=O) groups is 1. The van der Waals surface area contributed by atoms with Gasteiger partial charge in [-0.2, -0.15) is 0 Å². The maximum atomic E-state index is 13.5. The number of ether oxygens (including phenoxy) is 6. The number of carbonyl (C=O) groups excluding carboxylic acids is 1. The van der Waals surface area contributed by atoms with Gasteiger partial charge in [0.25, 0.3) is 0 Å². The Morgan fingerprint density at radius 2 is 0.648 bits per heavy atom. The minimum atomic E-state index is -1.99. The zero-order valence-corrected chi connectivity index (χ0v) is 66.3. The van der Waals surface area contributed by atoms with Gasteiger partial charge in [-0.1, -0.05) is 307 Å². The van der Waals surface area contributed by atoms with E-state index in [9.17, 15) is 61.0 Å². The third kappa shape index (κ3) is 46.0. The first-order valence-corrected chi connectivity index (χ1v) is 42.1. The van der Waals surface area contributed by atoms with Gasteiger partial charge >= 0.3 is 0 Å². The fraction of sp³-hybridized carbons (Fsp3) is 0.719. The lowest BCUT2D eigenvalue weighted by molar-refractivity contribution is -0.379. The normalized spacial score (nSPS) is 26.2. The van der Waals surface area contributed by atoms with Crippen molar-refractivity contribution in [1.82, 2.24) is 5.32 Å². The maximum absolute atomic E-state index is 13.5. The summed E-state index contributed by atoms with van der Waals surface area (Å²) in [5.74, 6) is -0.314. The van der Waals surface area contributed by atoms with Crippen LogP contribution in [0.4, 0.5) is 0 Å². The fourth-order valence-electron chi connectivity index (χ4n) is 13.2. The van der Waals surface area contributed by atoms with E-state index in [-0.39, 0.29) is 18.9 Å². The van der Waals surface area contributed by atoms with Gasteiger partial charge in [0.05, 0.1) is 38.6 Å². The number of rotatable bonds is 65. The summed E-state index contributed by atoms with van der Waals surface area (Å²) in [5, 5.41) is 121. The molecule has 17 atom stereocenters. The first kappa shape index (κ1) is 97.9. The molecule has 0 saturated carbocycles. The molecule has 3 saturated heterocycles. The molecule has 0 bridgehead atoms. The molecule has 0 spiro atoms. The predicted octanol–water partition coefficient (Wildman–Crippen LogP) is 15.0. The first-order valence-electron chi connectivity index (χ1n) is 42.1. The van der Waals surface area contributed by atoms with Crippen molar-refractivity contribution < 1.29 is 89.4 Å². The Morgan fingerprint density at radius 3 is 1.04 bits per heavy atom. The molecular formula is C89H149NO18. The van der Waals surface area contributed by atoms with Gasteiger partial charge in [0.1, 0.15) is 73.2 Å². The molecule has 3 rings (SSSR count). The van der Waals surface area contributed by atoms with E-state index in [2.05, 4.69) is 153 Å². The van der Waals surface area contributed by atoms with Crippen molar-refractivity contribution in [3.63, 3.8) is 0 Å². The molecule has 3 heterocycles. The van der Waals surface area contributed by atoms with Gasteiger partial charge in [-0.3, -0.25) is 4.79 Å². The second-order valence-corrected chi connectivity index (χ2v) is 29.2. The minimum absolute atomic E-state index is 0.196. The number of amides is 1. The highest BCUT2D eigenvalue weighted by Crippen LogP contribution is 2.33. The topological polar surface area (TPSA) is 307 Å². The van der Waals surface area contributed by atoms with Gasteiger partial charge < -0.3 is 89.9 Å². The molecule has 0 aromatic rings. The molecular weight excluding hydrogens is 1370 g/mol. The smallest absolute Gasteiger partial charge is 0.220 e. The predicted molar refractivity (Wildman–Crippen MR) is 433 cm³/mol. The van der Waals surface area contributed by atoms with Crippen molar-refractivity contribution in [3.8, 4) is 0 Å². The highest BCUT2D eigenvalue weighted by atomic mass is 16.8. The van der Waals surface area contributed by atoms with Crippen LogP contribution < -0.4 is 5.32 Å². The van der Waals surface area contributed by atoms with E-state index >= 15 is 0 Å². The van der Waals surface area contributed by atoms with E-state index in [4.69, 9.17) is 28.4 Å². The molecule has 0 aromatic carbocycles. The largest absolute Gasteiger partial charge is 0.394 e. The molecule has 19 heteroatoms. The lowest BCUT2D eigenvalue weighted by atomic mass is 9.96. The molecule has 12 N–H and O–H groups in total. The summed E-state index contributed by atoms with van der Waals surface area (Å²) >= 11 is 0. The minimum Gasteiger partial charge on any atom is -0.394 e. The quantitative estimate of drug-likeness (QED) is 0.0199. The number of allylic oxidation sites excluding steroid dienone is 23. The Balaban J connectivity index is 1.39. The van der Waals surface area contributed by atoms with Crippen LogP contribution in [0.1, 0.15) is 277 Å². The van der Waals surface area contributed by atoms with Crippen LogP contribution in [-0.4, -0.2) is 193 Å². The van der Waals surface area contributed by atoms with Crippen LogP contribution in [0.25, 0.3) is 0 Å². The lowest BCUT2D eigenvalue weighted by Crippen LogP contribution is -2.66. The summed E-state index contributed by atoms with van der Waals surface area (Å²) in [6.07, 6.45) is 71.2. The van der Waals surface area contributed by atoms with Crippen molar-refractivity contribution in [2.75, 3.05) is 26.4 Å². The van der Waals surface area contributed by atoms with E-state index in [1.165, 1.54) is 135 Å². The number of nitrogens with one attached hydrogen (secondary N) is 1. The van der Waals surface area contributed by atoms with E-state index in [1.54, 1.807) is 6.08 Å². The molecule has 17 unspecified atom stereocenters. The summed E-state index contributed by atoms with van der Waals surface area (Å²) in [4.78, 5) is 13.5. The van der Waals surface area contributed by atoms with Gasteiger partial charge in [-0.25, -0.2) is 0 Å². The van der Waals surface area contributed by atoms with Crippen LogP contribution in [0.3, 0.4) is 0 Å². The Bertz CT molecular complexity index is 2520. The summed E-state index contributed by atoms with van der Waals surface area (Å²) in [6, 6.07) is -1.02. The van der Waals surface area contributed by atoms with E-state index in [0.717, 1.165) is 109 Å². The Morgan fingerprint density at radius 1 is 0.343 bits per heavy atom. The SMILES string of the molecule is CC/C=C\C/C=C\C/C=C\C/C=C\C/C=C\C/C=C\C/C=C\C/C=C\C/C=C\C/C=C\CCCCCCC(=O)NC(COC1OC(CO)C(OC2OC(CO)C(OC3OC(CO)C(O)C(O)C3O)C(O)C2O)C(O)C1O)C(O)/C=C/CC/C=C/CCCCCCCCCCCCCCCCCCCCCCCC. The van der Waals surface area contributed by atoms with Gasteiger partial charge in [-0.05, 0) is 109 Å². The number of unbranched alkanes of at least 4 members (excludes halogenated alkanes) is 27. The number of hydrogen-bond acceptors (Lipinski definition) is 18. The molecule has 0 aromatic heterocycles. The number of hydrogen-bond donors (Lipinski definition) is 12. The van der Waals surface area contributed by atoms with Crippen LogP contribution in [0.2, 0.25) is 0 Å². The maximum Gasteiger partial charge on any atom is 0.220 e. The molecule has 19 nitrogen and oxygen atoms in total. The summed E-state index contributed by atoms with van der Waals surface area (Å²) in [5.41, 5.74) is 0. The first-order chi connectivity index (χ1) is 52.8. The van der Waals surface area contributed by atoms with E-state index in [1.807, 2.05) is 6.08 Å². The summed E-state index contributed by atoms with van der Waals surface area (Å²) in [6.45, 7) is 1.60. The van der Waals surface area contributed by atoms with Crippen LogP contribution in [-0.2, 0) is 33.2 Å². The monoisotopic (exact) mass is 1520 g/mol. The molecule has 3 aliphatic rings. The van der Waals surface area contributed by atoms with E-state index in [0.29, 0.717) is 12.8 Å². The average molecular weight is 1520 g/mol. The Hall–Kier alpha value is -4.33. The molecule has 0 radical (unpaired) electrons. The van der Waals surface area contributed by atoms with Crippen LogP contribution >= 0.6 is 0 Å². The lowest BCUT2D eigenvalue weighted by Gasteiger charge is -2.48. The number of aliphatic hydroxyl groups is 11. The van der Waals surface area contributed by atoms with Crippen molar-refractivity contribution in [3.05, 3.63) is 146 Å². The summed E-state index contributed by atoms with van der Waals surface area (Å²) in [7, 11) is 0. The molecule has 0 aliphatic carbocycles. The molecule has 3 aliphatic heterocycles. The highest BCUT2D eigenvalue weighted by molar-refractivity contribution is 5.76. The second kappa shape index (κ2) is 67.2. The van der Waals surface area contributed by atoms with Crippen LogP contribution in [0, 0.1) is 0 Å². The Kier molecular flexibility index (Phi) is 60.9. The Labute approximate surface area is 651 Å². The van der Waals surface area contributed by atoms with Crippen molar-refractivity contribution in [2.24, 2.45) is 0 Å². The van der Waals surface area contributed by atoms with Gasteiger partial charge in [0, 0.05) is 6.42 Å². The fourth-order valence-corrected chi connectivity index (χ4v) is 13.2. The molecule has 1 amide bonds. The standard InChI is InChI=1S/C89H149NO18/c1-3-5-7-9-11-13-15-17-19-21-23-25-27-29-31-33-34-35-36-37-38-39-41-43-45-47-49-51-53-55-57-59-61-63-65-67-77(95)90-72(73(94)66-64-62-60-58-56-54-52-50-48-46-44-42-40-32-30-28-26-24-22-20-18-16-14-12-10-8-6-4-2)71-103-87-83(101)80(98)85(75(69-92)105-87)108-89-84(102)81(99)86(76(70-93)106-89)107-88-82(100)79(97)78(96)74(68-91)104-88/h5,7,11,13,17,19,23,25,29,31,34-35,37-38,41,43,47,49,53,55-56,58,64,66,72-76,78-89,91-94,96-102H,3-4,6,8-10,12,14-16,18,20-22,24,26-28,30,32-33,36,39-40,42,44-46,48,50-52,54,57,59-63,65,67-71H2,1-2H3,(H,90,95)/b7-5-,13-11-,19-17-,25-23-,31-29-,35-34-,38-37-,43-41-,49-47-,55-53-,58-56+,66-64+. The van der Waals surface area contributed by atoms with Crippen molar-refractivity contribution in [1.29, 1.82) is 0 Å². The summed E-state index contributed by atoms with van der Waals surface area (Å²) < 4.78 is 34.4. The van der Waals surface area contributed by atoms with E-state index < -0.39 is 124 Å². The average Bonchev–Trinajstić information content (AvgIpc) is 0.774. The van der Waals surface area contributed by atoms with Gasteiger partial charge in [0.2, 0.25) is 5.91 Å². The zero-order valence-electron chi connectivity index (χ0n) is 66.3. The van der Waals surface area contributed by atoms with Gasteiger partial charge in [0.15, 0.2) is 18.9 Å². The third-order valence-electron chi connectivity index (χ3n) is 19.9. The van der Waals surface area contributed by atoms with Crippen molar-refractivity contribution in [2.45, 2.75) is 381 Å². The molecule has 618 valence electrons. The molecule has 3 fully saturated rings. The zero-order chi connectivity index (χ0) is 78.1. The van der Waals surface area contributed by atoms with Crippen LogP contribution in [0.15, 0.2) is 146 Å². The third-order valence-corrected chi connectivity index (χ3v) is 19.9. The second-order valence-electron chi connectivity index (χ2n) is 29.2. The van der Waals surface area contributed by atoms with Crippen molar-refractivity contribution >= 4 is 5.91 Å². The van der Waals surface area contributed by atoms with Crippen LogP contribution in [0.5, 0.6) is 0 Å².